The summed E-state index contributed by atoms with van der Waals surface area (Å²) >= 11 is 6.22. The van der Waals surface area contributed by atoms with Crippen LogP contribution < -0.4 is 0 Å². The molecule has 1 atom stereocenters. The van der Waals surface area contributed by atoms with Crippen LogP contribution in [0.25, 0.3) is 6.08 Å². The lowest BCUT2D eigenvalue weighted by Crippen LogP contribution is -2.41. The van der Waals surface area contributed by atoms with Crippen LogP contribution in [0, 0.1) is 6.92 Å². The van der Waals surface area contributed by atoms with E-state index in [9.17, 15) is 9.59 Å². The quantitative estimate of drug-likeness (QED) is 0.687. The van der Waals surface area contributed by atoms with Crippen molar-refractivity contribution in [1.82, 2.24) is 4.90 Å². The van der Waals surface area contributed by atoms with Gasteiger partial charge in [0.25, 0.3) is 5.91 Å². The van der Waals surface area contributed by atoms with E-state index in [-0.39, 0.29) is 10.2 Å². The summed E-state index contributed by atoms with van der Waals surface area (Å²) in [6.07, 6.45) is 1.73. The Hall–Kier alpha value is -1.66. The first-order valence-corrected chi connectivity index (χ1v) is 7.19. The highest BCUT2D eigenvalue weighted by atomic mass is 32.2. The summed E-state index contributed by atoms with van der Waals surface area (Å²) in [6.45, 7) is 3.43. The summed E-state index contributed by atoms with van der Waals surface area (Å²) < 4.78 is 0.281. The van der Waals surface area contributed by atoms with Gasteiger partial charge < -0.3 is 5.11 Å². The fourth-order valence-electron chi connectivity index (χ4n) is 1.74. The van der Waals surface area contributed by atoms with Gasteiger partial charge in [-0.25, -0.2) is 4.79 Å². The van der Waals surface area contributed by atoms with E-state index in [0.29, 0.717) is 4.91 Å². The maximum Gasteiger partial charge on any atom is 0.326 e. The number of carboxylic acids is 1. The van der Waals surface area contributed by atoms with Crippen LogP contribution in [0.2, 0.25) is 0 Å². The number of benzene rings is 1. The van der Waals surface area contributed by atoms with Gasteiger partial charge in [0.1, 0.15) is 10.4 Å². The van der Waals surface area contributed by atoms with E-state index in [1.165, 1.54) is 6.92 Å². The first-order chi connectivity index (χ1) is 9.40. The minimum atomic E-state index is -1.07. The summed E-state index contributed by atoms with van der Waals surface area (Å²) in [5, 5.41) is 9.00. The van der Waals surface area contributed by atoms with E-state index < -0.39 is 12.0 Å². The first-order valence-electron chi connectivity index (χ1n) is 5.96. The van der Waals surface area contributed by atoms with E-state index in [1.807, 2.05) is 31.2 Å². The molecule has 4 nitrogen and oxygen atoms in total. The maximum atomic E-state index is 12.2. The molecule has 1 fully saturated rings. The first kappa shape index (κ1) is 14.7. The van der Waals surface area contributed by atoms with Crippen molar-refractivity contribution < 1.29 is 14.7 Å². The highest BCUT2D eigenvalue weighted by Crippen LogP contribution is 2.33. The van der Waals surface area contributed by atoms with E-state index in [2.05, 4.69) is 0 Å². The number of aryl methyl sites for hydroxylation is 1. The van der Waals surface area contributed by atoms with Gasteiger partial charge >= 0.3 is 5.97 Å². The number of aliphatic carboxylic acids is 1. The zero-order valence-electron chi connectivity index (χ0n) is 11.0. The molecule has 1 aromatic carbocycles. The highest BCUT2D eigenvalue weighted by Gasteiger charge is 2.38. The number of hydrogen-bond donors (Lipinski definition) is 1. The molecule has 1 amide bonds. The summed E-state index contributed by atoms with van der Waals surface area (Å²) in [4.78, 5) is 24.8. The lowest BCUT2D eigenvalue weighted by atomic mass is 10.1. The van der Waals surface area contributed by atoms with Crippen molar-refractivity contribution in [3.63, 3.8) is 0 Å². The van der Waals surface area contributed by atoms with Gasteiger partial charge in [-0.15, -0.1) is 0 Å². The third-order valence-electron chi connectivity index (χ3n) is 2.94. The van der Waals surface area contributed by atoms with Gasteiger partial charge in [0, 0.05) is 0 Å². The normalized spacial score (nSPS) is 18.7. The van der Waals surface area contributed by atoms with Crippen molar-refractivity contribution in [3.05, 3.63) is 40.3 Å². The van der Waals surface area contributed by atoms with Gasteiger partial charge in [0.05, 0.1) is 4.91 Å². The Bertz CT molecular complexity index is 607. The van der Waals surface area contributed by atoms with Crippen LogP contribution in [0.15, 0.2) is 29.2 Å². The molecule has 0 radical (unpaired) electrons. The lowest BCUT2D eigenvalue weighted by Gasteiger charge is -2.18. The summed E-state index contributed by atoms with van der Waals surface area (Å²) in [5.74, 6) is -1.42. The van der Waals surface area contributed by atoms with Gasteiger partial charge in [0.15, 0.2) is 0 Å². The molecular weight excluding hydrogens is 294 g/mol. The van der Waals surface area contributed by atoms with Gasteiger partial charge in [-0.1, -0.05) is 53.8 Å². The predicted octanol–water partition coefficient (Wildman–Crippen LogP) is 2.67. The SMILES string of the molecule is Cc1ccc(/C=C2\SC(=S)N([C@@H](C)C(=O)O)C2=O)cc1. The monoisotopic (exact) mass is 307 g/mol. The van der Waals surface area contributed by atoms with Crippen molar-refractivity contribution in [1.29, 1.82) is 0 Å². The molecule has 20 heavy (non-hydrogen) atoms. The Balaban J connectivity index is 2.28. The number of rotatable bonds is 3. The average molecular weight is 307 g/mol. The number of carbonyl (C=O) groups is 2. The number of carboxylic acid groups (broad SMARTS) is 1. The Morgan fingerprint density at radius 1 is 1.40 bits per heavy atom. The van der Waals surface area contributed by atoms with Crippen LogP contribution in [0.1, 0.15) is 18.1 Å². The molecule has 2 rings (SSSR count). The number of nitrogens with zero attached hydrogens (tertiary/aromatic N) is 1. The number of thiocarbonyl (C=S) groups is 1. The van der Waals surface area contributed by atoms with Gasteiger partial charge in [0.2, 0.25) is 0 Å². The third kappa shape index (κ3) is 2.91. The molecule has 0 spiro atoms. The number of thioether (sulfide) groups is 1. The molecule has 1 aliphatic rings. The number of hydrogen-bond acceptors (Lipinski definition) is 4. The van der Waals surface area contributed by atoms with Crippen LogP contribution in [-0.4, -0.2) is 32.2 Å². The molecule has 104 valence electrons. The van der Waals surface area contributed by atoms with Gasteiger partial charge in [-0.2, -0.15) is 0 Å². The molecule has 0 aliphatic carbocycles. The standard InChI is InChI=1S/C14H13NO3S2/c1-8-3-5-10(6-4-8)7-11-12(16)15(14(19)20-11)9(2)13(17)18/h3-7,9H,1-2H3,(H,17,18)/b11-7-/t9-/m0/s1. The minimum absolute atomic E-state index is 0.281. The Morgan fingerprint density at radius 2 is 2.00 bits per heavy atom. The van der Waals surface area contributed by atoms with Crippen LogP contribution >= 0.6 is 24.0 Å². The van der Waals surface area contributed by atoms with Crippen molar-refractivity contribution in [3.8, 4) is 0 Å². The fraction of sp³-hybridized carbons (Fsp3) is 0.214. The van der Waals surface area contributed by atoms with Crippen molar-refractivity contribution in [2.24, 2.45) is 0 Å². The molecule has 0 unspecified atom stereocenters. The molecule has 1 N–H and O–H groups in total. The molecule has 6 heteroatoms. The van der Waals surface area contributed by atoms with Crippen molar-refractivity contribution in [2.75, 3.05) is 0 Å². The smallest absolute Gasteiger partial charge is 0.326 e. The van der Waals surface area contributed by atoms with Crippen LogP contribution in [0.4, 0.5) is 0 Å². The Kier molecular flexibility index (Phi) is 4.25. The molecule has 1 saturated heterocycles. The largest absolute Gasteiger partial charge is 0.480 e. The molecule has 0 saturated carbocycles. The Morgan fingerprint density at radius 3 is 2.55 bits per heavy atom. The Labute approximate surface area is 126 Å². The minimum Gasteiger partial charge on any atom is -0.480 e. The van der Waals surface area contributed by atoms with Crippen molar-refractivity contribution in [2.45, 2.75) is 19.9 Å². The van der Waals surface area contributed by atoms with Crippen LogP contribution in [-0.2, 0) is 9.59 Å². The van der Waals surface area contributed by atoms with Crippen LogP contribution in [0.3, 0.4) is 0 Å². The molecular formula is C14H13NO3S2. The number of carbonyl (C=O) groups excluding carboxylic acids is 1. The van der Waals surface area contributed by atoms with Crippen LogP contribution in [0.5, 0.6) is 0 Å². The maximum absolute atomic E-state index is 12.2. The molecule has 0 bridgehead atoms. The summed E-state index contributed by atoms with van der Waals surface area (Å²) in [7, 11) is 0. The van der Waals surface area contributed by atoms with Gasteiger partial charge in [-0.05, 0) is 25.5 Å². The highest BCUT2D eigenvalue weighted by molar-refractivity contribution is 8.26. The second-order valence-corrected chi connectivity index (χ2v) is 6.15. The molecule has 0 aromatic heterocycles. The molecule has 1 aromatic rings. The van der Waals surface area contributed by atoms with E-state index in [0.717, 1.165) is 27.8 Å². The second kappa shape index (κ2) is 5.76. The molecule has 1 aliphatic heterocycles. The van der Waals surface area contributed by atoms with E-state index >= 15 is 0 Å². The third-order valence-corrected chi connectivity index (χ3v) is 4.27. The predicted molar refractivity (Wildman–Crippen MR) is 83.3 cm³/mol. The zero-order valence-corrected chi connectivity index (χ0v) is 12.6. The lowest BCUT2D eigenvalue weighted by molar-refractivity contribution is -0.144. The summed E-state index contributed by atoms with van der Waals surface area (Å²) in [6, 6.07) is 6.76. The zero-order chi connectivity index (χ0) is 14.9. The van der Waals surface area contributed by atoms with E-state index in [1.54, 1.807) is 6.08 Å². The van der Waals surface area contributed by atoms with Crippen molar-refractivity contribution >= 4 is 46.3 Å². The topological polar surface area (TPSA) is 57.6 Å². The fourth-order valence-corrected chi connectivity index (χ4v) is 3.16. The number of amides is 1. The average Bonchev–Trinajstić information content (AvgIpc) is 2.66. The van der Waals surface area contributed by atoms with Gasteiger partial charge in [-0.3, -0.25) is 9.69 Å². The summed E-state index contributed by atoms with van der Waals surface area (Å²) in [5.41, 5.74) is 2.02. The molecule has 1 heterocycles. The second-order valence-electron chi connectivity index (χ2n) is 4.48. The van der Waals surface area contributed by atoms with E-state index in [4.69, 9.17) is 17.3 Å².